The molecule has 0 radical (unpaired) electrons. The minimum atomic E-state index is 0.159. The molecule has 0 unspecified atom stereocenters. The Kier molecular flexibility index (Phi) is 5.77. The summed E-state index contributed by atoms with van der Waals surface area (Å²) in [6.45, 7) is 7.58. The molecule has 1 fully saturated rings. The number of hydrogen-bond donors (Lipinski definition) is 1. The van der Waals surface area contributed by atoms with Crippen LogP contribution in [0.25, 0.3) is 0 Å². The fourth-order valence-corrected chi connectivity index (χ4v) is 4.52. The van der Waals surface area contributed by atoms with Crippen LogP contribution in [0, 0.1) is 13.8 Å². The number of aryl methyl sites for hydroxylation is 2. The van der Waals surface area contributed by atoms with Crippen molar-refractivity contribution in [2.45, 2.75) is 19.9 Å². The van der Waals surface area contributed by atoms with E-state index in [1.54, 1.807) is 0 Å². The molecule has 0 saturated carbocycles. The van der Waals surface area contributed by atoms with E-state index in [1.165, 1.54) is 16.0 Å². The Morgan fingerprint density at radius 3 is 1.76 bits per heavy atom. The topological polar surface area (TPSA) is 24.8 Å². The molecule has 0 spiro atoms. The van der Waals surface area contributed by atoms with Gasteiger partial charge in [-0.3, -0.25) is 4.79 Å². The predicted molar refractivity (Wildman–Crippen MR) is 117 cm³/mol. The van der Waals surface area contributed by atoms with Gasteiger partial charge in [0.1, 0.15) is 6.04 Å². The van der Waals surface area contributed by atoms with Gasteiger partial charge in [-0.15, -0.1) is 0 Å². The fraction of sp³-hybridized carbons (Fsp3) is 0.269. The third-order valence-corrected chi connectivity index (χ3v) is 5.84. The van der Waals surface area contributed by atoms with Gasteiger partial charge in [-0.05, 0) is 26.0 Å². The average molecular weight is 386 g/mol. The number of hydrogen-bond acceptors (Lipinski definition) is 1. The van der Waals surface area contributed by atoms with Crippen molar-refractivity contribution < 1.29 is 9.69 Å². The number of carbonyl (C=O) groups is 1. The summed E-state index contributed by atoms with van der Waals surface area (Å²) in [6.07, 6.45) is 0. The Morgan fingerprint density at radius 2 is 1.28 bits per heavy atom. The fourth-order valence-electron chi connectivity index (χ4n) is 4.52. The molecule has 4 rings (SSSR count). The second-order valence-electron chi connectivity index (χ2n) is 8.08. The van der Waals surface area contributed by atoms with Crippen molar-refractivity contribution in [1.29, 1.82) is 0 Å². The zero-order chi connectivity index (χ0) is 20.2. The Balaban J connectivity index is 1.52. The first-order valence-electron chi connectivity index (χ1n) is 10.4. The lowest BCUT2D eigenvalue weighted by molar-refractivity contribution is -0.929. The maximum atomic E-state index is 13.0. The molecule has 1 heterocycles. The van der Waals surface area contributed by atoms with E-state index in [0.717, 1.165) is 42.9 Å². The second kappa shape index (κ2) is 8.62. The van der Waals surface area contributed by atoms with E-state index in [4.69, 9.17) is 0 Å². The lowest BCUT2D eigenvalue weighted by Crippen LogP contribution is -3.15. The summed E-state index contributed by atoms with van der Waals surface area (Å²) in [5.74, 6) is 0.159. The van der Waals surface area contributed by atoms with Gasteiger partial charge >= 0.3 is 0 Å². The van der Waals surface area contributed by atoms with Crippen LogP contribution in [-0.2, 0) is 0 Å². The number of nitrogens with one attached hydrogen (secondary N) is 1. The van der Waals surface area contributed by atoms with E-state index in [0.29, 0.717) is 6.04 Å². The first-order chi connectivity index (χ1) is 14.1. The van der Waals surface area contributed by atoms with Crippen LogP contribution in [0.2, 0.25) is 0 Å². The maximum Gasteiger partial charge on any atom is 0.254 e. The van der Waals surface area contributed by atoms with Gasteiger partial charge in [-0.25, -0.2) is 0 Å². The molecular formula is C26H29N2O+. The van der Waals surface area contributed by atoms with Crippen molar-refractivity contribution in [3.63, 3.8) is 0 Å². The highest BCUT2D eigenvalue weighted by Gasteiger charge is 2.31. The van der Waals surface area contributed by atoms with Gasteiger partial charge in [-0.1, -0.05) is 77.9 Å². The summed E-state index contributed by atoms with van der Waals surface area (Å²) in [6, 6.07) is 27.9. The molecule has 3 aromatic carbocycles. The Bertz CT molecular complexity index is 901. The molecule has 29 heavy (non-hydrogen) atoms. The van der Waals surface area contributed by atoms with Crippen LogP contribution in [0.3, 0.4) is 0 Å². The standard InChI is InChI=1S/C26H28N2O/c1-20-17-21(2)19-24(18-20)26(29)28-15-13-27(14-16-28)25(22-9-5-3-6-10-22)23-11-7-4-8-12-23/h3-12,17-19,25H,13-16H2,1-2H3/p+1. The summed E-state index contributed by atoms with van der Waals surface area (Å²) in [5.41, 5.74) is 5.77. The van der Waals surface area contributed by atoms with Gasteiger partial charge < -0.3 is 9.80 Å². The number of nitrogens with zero attached hydrogens (tertiary/aromatic N) is 1. The molecule has 3 aromatic rings. The van der Waals surface area contributed by atoms with Crippen molar-refractivity contribution in [3.05, 3.63) is 107 Å². The van der Waals surface area contributed by atoms with Gasteiger partial charge in [0.05, 0.1) is 26.2 Å². The highest BCUT2D eigenvalue weighted by molar-refractivity contribution is 5.94. The number of piperazine rings is 1. The molecule has 1 aliphatic heterocycles. The molecule has 0 atom stereocenters. The molecule has 1 N–H and O–H groups in total. The van der Waals surface area contributed by atoms with Crippen LogP contribution in [0.4, 0.5) is 0 Å². The minimum Gasteiger partial charge on any atom is -0.327 e. The van der Waals surface area contributed by atoms with Crippen LogP contribution >= 0.6 is 0 Å². The number of benzene rings is 3. The van der Waals surface area contributed by atoms with Crippen LogP contribution in [0.15, 0.2) is 78.9 Å². The van der Waals surface area contributed by atoms with E-state index < -0.39 is 0 Å². The number of amides is 1. The summed E-state index contributed by atoms with van der Waals surface area (Å²) in [4.78, 5) is 16.6. The number of quaternary nitrogens is 1. The SMILES string of the molecule is Cc1cc(C)cc(C(=O)N2CC[NH+](C(c3ccccc3)c3ccccc3)CC2)c1. The smallest absolute Gasteiger partial charge is 0.254 e. The van der Waals surface area contributed by atoms with Gasteiger partial charge in [0.15, 0.2) is 0 Å². The molecular weight excluding hydrogens is 356 g/mol. The first-order valence-corrected chi connectivity index (χ1v) is 10.4. The lowest BCUT2D eigenvalue weighted by Gasteiger charge is -2.37. The third kappa shape index (κ3) is 4.41. The van der Waals surface area contributed by atoms with E-state index in [-0.39, 0.29) is 5.91 Å². The second-order valence-corrected chi connectivity index (χ2v) is 8.08. The quantitative estimate of drug-likeness (QED) is 0.731. The van der Waals surface area contributed by atoms with E-state index in [2.05, 4.69) is 80.6 Å². The number of carbonyl (C=O) groups excluding carboxylic acids is 1. The van der Waals surface area contributed by atoms with Crippen molar-refractivity contribution in [3.8, 4) is 0 Å². The maximum absolute atomic E-state index is 13.0. The monoisotopic (exact) mass is 385 g/mol. The van der Waals surface area contributed by atoms with Crippen LogP contribution in [0.1, 0.15) is 38.7 Å². The normalized spacial score (nSPS) is 14.9. The Hall–Kier alpha value is -2.91. The first kappa shape index (κ1) is 19.4. The zero-order valence-corrected chi connectivity index (χ0v) is 17.3. The average Bonchev–Trinajstić information content (AvgIpc) is 2.75. The van der Waals surface area contributed by atoms with Crippen molar-refractivity contribution in [1.82, 2.24) is 4.90 Å². The molecule has 3 heteroatoms. The van der Waals surface area contributed by atoms with E-state index in [1.807, 2.05) is 17.0 Å². The van der Waals surface area contributed by atoms with Gasteiger partial charge in [0.2, 0.25) is 0 Å². The highest BCUT2D eigenvalue weighted by atomic mass is 16.2. The molecule has 3 nitrogen and oxygen atoms in total. The summed E-state index contributed by atoms with van der Waals surface area (Å²) >= 11 is 0. The third-order valence-electron chi connectivity index (χ3n) is 5.84. The molecule has 1 saturated heterocycles. The minimum absolute atomic E-state index is 0.159. The number of rotatable bonds is 4. The van der Waals surface area contributed by atoms with Crippen molar-refractivity contribution in [2.75, 3.05) is 26.2 Å². The lowest BCUT2D eigenvalue weighted by atomic mass is 9.96. The van der Waals surface area contributed by atoms with Crippen LogP contribution in [-0.4, -0.2) is 37.0 Å². The van der Waals surface area contributed by atoms with Crippen molar-refractivity contribution in [2.24, 2.45) is 0 Å². The predicted octanol–water partition coefficient (Wildman–Crippen LogP) is 3.43. The van der Waals surface area contributed by atoms with Gasteiger partial charge in [-0.2, -0.15) is 0 Å². The Labute approximate surface area is 173 Å². The molecule has 0 bridgehead atoms. The molecule has 148 valence electrons. The van der Waals surface area contributed by atoms with E-state index >= 15 is 0 Å². The Morgan fingerprint density at radius 1 is 0.793 bits per heavy atom. The molecule has 0 aromatic heterocycles. The van der Waals surface area contributed by atoms with Crippen LogP contribution in [0.5, 0.6) is 0 Å². The van der Waals surface area contributed by atoms with Crippen LogP contribution < -0.4 is 4.90 Å². The zero-order valence-electron chi connectivity index (χ0n) is 17.3. The summed E-state index contributed by atoms with van der Waals surface area (Å²) < 4.78 is 0. The molecule has 1 aliphatic rings. The molecule has 0 aliphatic carbocycles. The largest absolute Gasteiger partial charge is 0.327 e. The van der Waals surface area contributed by atoms with E-state index in [9.17, 15) is 4.79 Å². The molecule has 1 amide bonds. The highest BCUT2D eigenvalue weighted by Crippen LogP contribution is 2.19. The van der Waals surface area contributed by atoms with Crippen molar-refractivity contribution >= 4 is 5.91 Å². The summed E-state index contributed by atoms with van der Waals surface area (Å²) in [7, 11) is 0. The summed E-state index contributed by atoms with van der Waals surface area (Å²) in [5, 5.41) is 0. The van der Waals surface area contributed by atoms with Gasteiger partial charge in [0.25, 0.3) is 5.91 Å². The van der Waals surface area contributed by atoms with Gasteiger partial charge in [0, 0.05) is 16.7 Å².